The predicted octanol–water partition coefficient (Wildman–Crippen LogP) is 3.41. The van der Waals surface area contributed by atoms with Crippen molar-refractivity contribution in [1.29, 1.82) is 0 Å². The van der Waals surface area contributed by atoms with Gasteiger partial charge in [-0.25, -0.2) is 4.98 Å². The van der Waals surface area contributed by atoms with Crippen LogP contribution in [0.25, 0.3) is 11.3 Å². The van der Waals surface area contributed by atoms with Crippen LogP contribution in [0.5, 0.6) is 0 Å². The van der Waals surface area contributed by atoms with E-state index in [1.54, 1.807) is 0 Å². The van der Waals surface area contributed by atoms with E-state index in [1.807, 2.05) is 37.3 Å². The van der Waals surface area contributed by atoms with Crippen LogP contribution < -0.4 is 5.73 Å². The van der Waals surface area contributed by atoms with Crippen molar-refractivity contribution in [1.82, 2.24) is 4.98 Å². The number of benzene rings is 1. The lowest BCUT2D eigenvalue weighted by molar-refractivity contribution is 0.621. The quantitative estimate of drug-likeness (QED) is 0.816. The molecule has 0 fully saturated rings. The summed E-state index contributed by atoms with van der Waals surface area (Å²) in [5.41, 5.74) is 7.76. The Labute approximate surface area is 118 Å². The highest BCUT2D eigenvalue weighted by atomic mass is 36.0. The Morgan fingerprint density at radius 1 is 1.22 bits per heavy atom. The molecule has 0 saturated carbocycles. The molecule has 0 aliphatic heterocycles. The number of aromatic nitrogens is 1. The average Bonchev–Trinajstić information content (AvgIpc) is 2.57. The summed E-state index contributed by atoms with van der Waals surface area (Å²) in [6, 6.07) is 10.1. The summed E-state index contributed by atoms with van der Waals surface area (Å²) in [6.07, 6.45) is 0. The molecule has 2 rings (SSSR count). The fourth-order valence-corrected chi connectivity index (χ4v) is 1.99. The molecule has 0 atom stereocenters. The van der Waals surface area contributed by atoms with E-state index in [0.717, 1.165) is 11.3 Å². The number of anilines is 1. The Hall–Kier alpha value is -0.820. The lowest BCUT2D eigenvalue weighted by Gasteiger charge is -1.96. The van der Waals surface area contributed by atoms with Crippen molar-refractivity contribution in [3.05, 3.63) is 35.2 Å². The second-order valence-electron chi connectivity index (χ2n) is 3.20. The Balaban J connectivity index is 0.000000280. The number of nitrogen functional groups attached to an aromatic ring is 1. The number of rotatable bonds is 1. The summed E-state index contributed by atoms with van der Waals surface area (Å²) < 4.78 is 18.3. The fourth-order valence-electron chi connectivity index (χ4n) is 1.28. The van der Waals surface area contributed by atoms with Crippen LogP contribution in [0.3, 0.4) is 0 Å². The topological polar surface area (TPSA) is 73.0 Å². The van der Waals surface area contributed by atoms with Crippen molar-refractivity contribution in [2.24, 2.45) is 0 Å². The van der Waals surface area contributed by atoms with Crippen LogP contribution >= 0.6 is 32.7 Å². The Morgan fingerprint density at radius 2 is 1.72 bits per heavy atom. The smallest absolute Gasteiger partial charge is 0.317 e. The van der Waals surface area contributed by atoms with E-state index >= 15 is 0 Å². The molecule has 0 amide bonds. The maximum Gasteiger partial charge on any atom is 0.317 e. The fraction of sp³-hybridized carbons (Fsp3) is 0.100. The third-order valence-electron chi connectivity index (χ3n) is 1.86. The standard InChI is InChI=1S/C10H10N2S.Cl2O2S/c1-7-9(12-10(11)13-7)8-5-3-2-4-6-8;1-5(2,3)4/h2-6H,1H3,(H2,11,12);. The summed E-state index contributed by atoms with van der Waals surface area (Å²) in [6.45, 7) is 2.04. The zero-order valence-electron chi connectivity index (χ0n) is 9.30. The molecule has 1 aromatic heterocycles. The molecule has 1 heterocycles. The van der Waals surface area contributed by atoms with Crippen LogP contribution in [0.2, 0.25) is 0 Å². The van der Waals surface area contributed by atoms with Gasteiger partial charge in [0.2, 0.25) is 0 Å². The molecule has 18 heavy (non-hydrogen) atoms. The molecule has 0 aliphatic carbocycles. The minimum Gasteiger partial charge on any atom is -0.375 e. The summed E-state index contributed by atoms with van der Waals surface area (Å²) in [4.78, 5) is 5.45. The number of halogens is 2. The number of thiazole rings is 1. The van der Waals surface area contributed by atoms with Crippen LogP contribution in [0.15, 0.2) is 30.3 Å². The Morgan fingerprint density at radius 3 is 2.11 bits per heavy atom. The molecule has 8 heteroatoms. The molecule has 2 N–H and O–H groups in total. The van der Waals surface area contributed by atoms with E-state index in [4.69, 9.17) is 14.2 Å². The Kier molecular flexibility index (Phi) is 5.40. The zero-order valence-corrected chi connectivity index (χ0v) is 12.4. The zero-order chi connectivity index (χ0) is 13.8. The first-order valence-electron chi connectivity index (χ1n) is 4.70. The first-order valence-corrected chi connectivity index (χ1v) is 8.65. The van der Waals surface area contributed by atoms with Gasteiger partial charge in [0.15, 0.2) is 5.13 Å². The summed E-state index contributed by atoms with van der Waals surface area (Å²) >= 11 is 1.53. The van der Waals surface area contributed by atoms with Crippen molar-refractivity contribution < 1.29 is 8.42 Å². The summed E-state index contributed by atoms with van der Waals surface area (Å²) in [5.74, 6) is 0. The molecular weight excluding hydrogens is 315 g/mol. The first kappa shape index (κ1) is 15.2. The van der Waals surface area contributed by atoms with Crippen LogP contribution in [0.1, 0.15) is 4.88 Å². The molecule has 0 unspecified atom stereocenters. The highest BCUT2D eigenvalue weighted by Crippen LogP contribution is 2.28. The SMILES string of the molecule is Cc1sc(N)nc1-c1ccccc1.O=S(=O)(Cl)Cl. The van der Waals surface area contributed by atoms with Crippen LogP contribution in [-0.2, 0) is 8.26 Å². The number of nitrogens with two attached hydrogens (primary N) is 1. The molecule has 2 aromatic rings. The number of aryl methyl sites for hydroxylation is 1. The van der Waals surface area contributed by atoms with E-state index in [9.17, 15) is 0 Å². The van der Waals surface area contributed by atoms with E-state index in [0.29, 0.717) is 5.13 Å². The largest absolute Gasteiger partial charge is 0.375 e. The van der Waals surface area contributed by atoms with Gasteiger partial charge in [-0.15, -0.1) is 11.3 Å². The number of hydrogen-bond donors (Lipinski definition) is 1. The van der Waals surface area contributed by atoms with Gasteiger partial charge in [0.05, 0.1) is 5.69 Å². The predicted molar refractivity (Wildman–Crippen MR) is 77.3 cm³/mol. The van der Waals surface area contributed by atoms with Crippen molar-refractivity contribution in [3.8, 4) is 11.3 Å². The van der Waals surface area contributed by atoms with Gasteiger partial charge in [0.25, 0.3) is 0 Å². The molecule has 98 valence electrons. The number of hydrogen-bond acceptors (Lipinski definition) is 5. The van der Waals surface area contributed by atoms with Gasteiger partial charge in [-0.1, -0.05) is 30.3 Å². The van der Waals surface area contributed by atoms with Gasteiger partial charge >= 0.3 is 8.26 Å². The minimum atomic E-state index is -3.72. The molecule has 0 spiro atoms. The van der Waals surface area contributed by atoms with Crippen LogP contribution in [0.4, 0.5) is 5.13 Å². The second kappa shape index (κ2) is 6.38. The molecule has 1 aromatic carbocycles. The average molecular weight is 325 g/mol. The third-order valence-corrected chi connectivity index (χ3v) is 2.66. The van der Waals surface area contributed by atoms with Crippen molar-refractivity contribution >= 4 is 46.1 Å². The maximum atomic E-state index is 9.16. The molecule has 0 bridgehead atoms. The molecule has 0 saturated heterocycles. The van der Waals surface area contributed by atoms with E-state index in [-0.39, 0.29) is 0 Å². The summed E-state index contributed by atoms with van der Waals surface area (Å²) in [7, 11) is 4.81. The van der Waals surface area contributed by atoms with Gasteiger partial charge in [-0.05, 0) is 6.92 Å². The van der Waals surface area contributed by atoms with Crippen molar-refractivity contribution in [2.75, 3.05) is 5.73 Å². The highest BCUT2D eigenvalue weighted by molar-refractivity contribution is 8.31. The first-order chi connectivity index (χ1) is 8.27. The minimum absolute atomic E-state index is 0.636. The number of nitrogens with zero attached hydrogens (tertiary/aromatic N) is 1. The monoisotopic (exact) mass is 324 g/mol. The third kappa shape index (κ3) is 5.68. The molecule has 0 radical (unpaired) electrons. The van der Waals surface area contributed by atoms with Gasteiger partial charge in [0.1, 0.15) is 0 Å². The maximum absolute atomic E-state index is 9.16. The van der Waals surface area contributed by atoms with Gasteiger partial charge < -0.3 is 5.73 Å². The van der Waals surface area contributed by atoms with Crippen molar-refractivity contribution in [2.45, 2.75) is 6.92 Å². The lowest BCUT2D eigenvalue weighted by atomic mass is 10.1. The summed E-state index contributed by atoms with van der Waals surface area (Å²) in [5, 5.41) is 0.636. The van der Waals surface area contributed by atoms with E-state index in [1.165, 1.54) is 16.2 Å². The van der Waals surface area contributed by atoms with Gasteiger partial charge in [-0.3, -0.25) is 0 Å². The van der Waals surface area contributed by atoms with Crippen LogP contribution in [0, 0.1) is 6.92 Å². The molecule has 0 aliphatic rings. The van der Waals surface area contributed by atoms with Gasteiger partial charge in [-0.2, -0.15) is 8.42 Å². The molecular formula is C10H10Cl2N2O2S2. The highest BCUT2D eigenvalue weighted by Gasteiger charge is 2.06. The van der Waals surface area contributed by atoms with Crippen LogP contribution in [-0.4, -0.2) is 13.4 Å². The van der Waals surface area contributed by atoms with Gasteiger partial charge in [0, 0.05) is 31.8 Å². The van der Waals surface area contributed by atoms with E-state index in [2.05, 4.69) is 26.3 Å². The Bertz CT molecular complexity index is 604. The van der Waals surface area contributed by atoms with E-state index < -0.39 is 8.26 Å². The normalized spacial score (nSPS) is 10.6. The second-order valence-corrected chi connectivity index (χ2v) is 8.10. The molecule has 4 nitrogen and oxygen atoms in total. The lowest BCUT2D eigenvalue weighted by Crippen LogP contribution is -1.83. The van der Waals surface area contributed by atoms with Crippen molar-refractivity contribution in [3.63, 3.8) is 0 Å².